The normalized spacial score (nSPS) is 11.2. The molecular formula is C28H29N7O2S. The molecule has 0 saturated carbocycles. The molecule has 38 heavy (non-hydrogen) atoms. The van der Waals surface area contributed by atoms with Crippen LogP contribution in [0, 0.1) is 0 Å². The van der Waals surface area contributed by atoms with Gasteiger partial charge < -0.3 is 25.7 Å². The van der Waals surface area contributed by atoms with E-state index in [1.165, 1.54) is 11.5 Å². The first-order chi connectivity index (χ1) is 18.5. The van der Waals surface area contributed by atoms with Crippen molar-refractivity contribution in [3.63, 3.8) is 0 Å². The van der Waals surface area contributed by atoms with Gasteiger partial charge in [-0.25, -0.2) is 19.1 Å². The van der Waals surface area contributed by atoms with Crippen LogP contribution in [0.1, 0.15) is 18.1 Å². The van der Waals surface area contributed by atoms with Crippen LogP contribution < -0.4 is 16.4 Å². The first-order valence-electron chi connectivity index (χ1n) is 12.3. The van der Waals surface area contributed by atoms with Crippen molar-refractivity contribution in [3.05, 3.63) is 83.4 Å². The van der Waals surface area contributed by atoms with Gasteiger partial charge in [0, 0.05) is 42.5 Å². The number of anilines is 1. The van der Waals surface area contributed by atoms with Gasteiger partial charge in [-0.3, -0.25) is 0 Å². The molecule has 1 amide bonds. The highest BCUT2D eigenvalue weighted by Crippen LogP contribution is 2.33. The van der Waals surface area contributed by atoms with Gasteiger partial charge in [0.2, 0.25) is 0 Å². The van der Waals surface area contributed by atoms with Crippen LogP contribution >= 0.6 is 11.5 Å². The van der Waals surface area contributed by atoms with E-state index < -0.39 is 6.09 Å². The van der Waals surface area contributed by atoms with E-state index in [0.29, 0.717) is 44.1 Å². The van der Waals surface area contributed by atoms with Gasteiger partial charge in [-0.05, 0) is 35.6 Å². The van der Waals surface area contributed by atoms with Crippen molar-refractivity contribution < 1.29 is 9.53 Å². The number of nitrogen functional groups attached to an aromatic ring is 1. The molecule has 5 rings (SSSR count). The summed E-state index contributed by atoms with van der Waals surface area (Å²) in [6.45, 7) is 8.32. The lowest BCUT2D eigenvalue weighted by Crippen LogP contribution is -2.28. The maximum Gasteiger partial charge on any atom is 0.407 e. The quantitative estimate of drug-likeness (QED) is 0.177. The van der Waals surface area contributed by atoms with E-state index in [1.54, 1.807) is 0 Å². The minimum atomic E-state index is -0.442. The number of para-hydroxylation sites is 1. The number of pyridine rings is 1. The average molecular weight is 528 g/mol. The Balaban J connectivity index is 1.32. The largest absolute Gasteiger partial charge is 0.448 e. The molecule has 0 unspecified atom stereocenters. The highest BCUT2D eigenvalue weighted by atomic mass is 32.1. The van der Waals surface area contributed by atoms with E-state index in [1.807, 2.05) is 54.9 Å². The number of alkyl carbamates (subject to hydrolysis) is 1. The van der Waals surface area contributed by atoms with Crippen molar-refractivity contribution >= 4 is 45.4 Å². The summed E-state index contributed by atoms with van der Waals surface area (Å²) in [5.74, 6) is 1.20. The molecule has 9 nitrogen and oxygen atoms in total. The van der Waals surface area contributed by atoms with Crippen LogP contribution in [0.2, 0.25) is 0 Å². The minimum Gasteiger partial charge on any atom is -0.448 e. The molecule has 2 aromatic carbocycles. The molecule has 194 valence electrons. The van der Waals surface area contributed by atoms with Crippen LogP contribution in [0.3, 0.4) is 0 Å². The average Bonchev–Trinajstić information content (AvgIpc) is 3.57. The molecule has 3 heterocycles. The maximum atomic E-state index is 12.0. The molecular weight excluding hydrogens is 498 g/mol. The number of fused-ring (bicyclic) bond motifs is 3. The number of imidazole rings is 1. The van der Waals surface area contributed by atoms with E-state index >= 15 is 0 Å². The van der Waals surface area contributed by atoms with Crippen LogP contribution in [-0.4, -0.2) is 44.7 Å². The Bertz CT molecular complexity index is 1580. The van der Waals surface area contributed by atoms with Crippen LogP contribution in [0.5, 0.6) is 0 Å². The summed E-state index contributed by atoms with van der Waals surface area (Å²) in [4.78, 5) is 21.4. The van der Waals surface area contributed by atoms with Gasteiger partial charge in [-0.2, -0.15) is 0 Å². The van der Waals surface area contributed by atoms with Gasteiger partial charge in [0.25, 0.3) is 0 Å². The Morgan fingerprint density at radius 3 is 2.68 bits per heavy atom. The van der Waals surface area contributed by atoms with E-state index in [9.17, 15) is 4.79 Å². The van der Waals surface area contributed by atoms with E-state index in [0.717, 1.165) is 44.5 Å². The Morgan fingerprint density at radius 1 is 1.13 bits per heavy atom. The number of hydrogen-bond donors (Lipinski definition) is 3. The van der Waals surface area contributed by atoms with Crippen LogP contribution in [0.4, 0.5) is 10.6 Å². The van der Waals surface area contributed by atoms with Crippen molar-refractivity contribution in [2.45, 2.75) is 20.0 Å². The van der Waals surface area contributed by atoms with Gasteiger partial charge >= 0.3 is 6.09 Å². The third-order valence-electron chi connectivity index (χ3n) is 6.04. The van der Waals surface area contributed by atoms with Crippen LogP contribution in [0.15, 0.2) is 72.3 Å². The van der Waals surface area contributed by atoms with E-state index in [2.05, 4.69) is 43.3 Å². The Kier molecular flexibility index (Phi) is 7.62. The van der Waals surface area contributed by atoms with Gasteiger partial charge in [-0.15, -0.1) is 0 Å². The van der Waals surface area contributed by atoms with Crippen molar-refractivity contribution in [3.8, 4) is 11.4 Å². The fraction of sp³-hybridized carbons (Fsp3) is 0.214. The molecule has 0 spiro atoms. The van der Waals surface area contributed by atoms with Gasteiger partial charge in [0.05, 0.1) is 17.2 Å². The second kappa shape index (κ2) is 11.4. The smallest absolute Gasteiger partial charge is 0.407 e. The summed E-state index contributed by atoms with van der Waals surface area (Å²) >= 11 is 1.38. The van der Waals surface area contributed by atoms with Crippen molar-refractivity contribution in [2.75, 3.05) is 25.4 Å². The summed E-state index contributed by atoms with van der Waals surface area (Å²) in [6.07, 6.45) is 1.38. The van der Waals surface area contributed by atoms with Crippen LogP contribution in [0.25, 0.3) is 33.3 Å². The lowest BCUT2D eigenvalue weighted by atomic mass is 10.1. The zero-order valence-electron chi connectivity index (χ0n) is 21.1. The maximum absolute atomic E-state index is 12.0. The molecule has 0 aliphatic rings. The number of nitrogens with two attached hydrogens (primary N) is 1. The fourth-order valence-corrected chi connectivity index (χ4v) is 4.75. The highest BCUT2D eigenvalue weighted by Gasteiger charge is 2.19. The predicted octanol–water partition coefficient (Wildman–Crippen LogP) is 4.73. The monoisotopic (exact) mass is 527 g/mol. The third kappa shape index (κ3) is 5.66. The van der Waals surface area contributed by atoms with Gasteiger partial charge in [-0.1, -0.05) is 54.6 Å². The molecule has 0 aliphatic heterocycles. The number of benzene rings is 2. The number of hydrogen-bond acceptors (Lipinski definition) is 8. The molecule has 0 radical (unpaired) electrons. The van der Waals surface area contributed by atoms with Gasteiger partial charge in [0.1, 0.15) is 17.9 Å². The minimum absolute atomic E-state index is 0.299. The van der Waals surface area contributed by atoms with E-state index in [-0.39, 0.29) is 0 Å². The molecule has 10 heteroatoms. The summed E-state index contributed by atoms with van der Waals surface area (Å²) in [7, 11) is 0. The highest BCUT2D eigenvalue weighted by molar-refractivity contribution is 7.03. The molecule has 0 fully saturated rings. The lowest BCUT2D eigenvalue weighted by Gasteiger charge is -2.12. The SMILES string of the molecule is C=C(C)CNCCOC(=O)NCc1ccc(Cn2c(-c3cnsc3)nc3c(N)nc4ccccc4c32)cc1. The second-order valence-corrected chi connectivity index (χ2v) is 9.74. The van der Waals surface area contributed by atoms with Crippen molar-refractivity contribution in [2.24, 2.45) is 0 Å². The molecule has 5 aromatic rings. The molecule has 0 atom stereocenters. The number of aromatic nitrogens is 4. The van der Waals surface area contributed by atoms with Crippen molar-refractivity contribution in [1.82, 2.24) is 29.5 Å². The lowest BCUT2D eigenvalue weighted by molar-refractivity contribution is 0.146. The first kappa shape index (κ1) is 25.4. The van der Waals surface area contributed by atoms with Crippen LogP contribution in [-0.2, 0) is 17.8 Å². The Morgan fingerprint density at radius 2 is 1.92 bits per heavy atom. The molecule has 0 saturated heterocycles. The second-order valence-electron chi connectivity index (χ2n) is 9.09. The Hall–Kier alpha value is -4.28. The number of amides is 1. The molecule has 3 aromatic heterocycles. The Labute approximate surface area is 224 Å². The number of carbonyl (C=O) groups is 1. The third-order valence-corrected chi connectivity index (χ3v) is 6.63. The summed E-state index contributed by atoms with van der Waals surface area (Å²) < 4.78 is 11.6. The number of nitrogens with zero attached hydrogens (tertiary/aromatic N) is 4. The summed E-state index contributed by atoms with van der Waals surface area (Å²) in [5, 5.41) is 8.92. The summed E-state index contributed by atoms with van der Waals surface area (Å²) in [5.41, 5.74) is 12.8. The topological polar surface area (TPSA) is 120 Å². The van der Waals surface area contributed by atoms with Gasteiger partial charge in [0.15, 0.2) is 5.82 Å². The molecule has 0 aliphatic carbocycles. The number of nitrogens with one attached hydrogen (secondary N) is 2. The number of carbonyl (C=O) groups excluding carboxylic acids is 1. The molecule has 4 N–H and O–H groups in total. The zero-order valence-corrected chi connectivity index (χ0v) is 21.9. The standard InChI is InChI=1S/C28H29N7O2S/c1-18(2)13-30-11-12-37-28(36)31-14-19-7-9-20(10-8-19)16-35-25-22-5-3-4-6-23(22)33-26(29)24(25)34-27(35)21-15-32-38-17-21/h3-10,15,17,30H,1,11-14,16H2,2H3,(H2,29,33)(H,31,36). The first-order valence-corrected chi connectivity index (χ1v) is 13.1. The predicted molar refractivity (Wildman–Crippen MR) is 152 cm³/mol. The molecule has 0 bridgehead atoms. The summed E-state index contributed by atoms with van der Waals surface area (Å²) in [6, 6.07) is 16.1. The number of ether oxygens (including phenoxy) is 1. The zero-order chi connectivity index (χ0) is 26.5. The fourth-order valence-electron chi connectivity index (χ4n) is 4.24. The number of rotatable bonds is 10. The van der Waals surface area contributed by atoms with E-state index in [4.69, 9.17) is 15.5 Å². The van der Waals surface area contributed by atoms with Crippen molar-refractivity contribution in [1.29, 1.82) is 0 Å².